The van der Waals surface area contributed by atoms with Crippen LogP contribution in [0.4, 0.5) is 0 Å². The molecule has 5 nitrogen and oxygen atoms in total. The number of para-hydroxylation sites is 1. The first kappa shape index (κ1) is 27.8. The first-order valence-corrected chi connectivity index (χ1v) is 14.6. The van der Waals surface area contributed by atoms with Crippen molar-refractivity contribution in [1.29, 1.82) is 10.5 Å². The molecule has 0 bridgehead atoms. The van der Waals surface area contributed by atoms with Crippen molar-refractivity contribution in [2.24, 2.45) is 0 Å². The van der Waals surface area contributed by atoms with Crippen LogP contribution in [0.25, 0.3) is 55.1 Å². The Kier molecular flexibility index (Phi) is 6.96. The molecule has 3 aromatic carbocycles. The minimum Gasteiger partial charge on any atom is -0.307 e. The number of allylic oxidation sites excluding steroid dienone is 5. The number of hydrogen-bond donors (Lipinski definition) is 0. The molecule has 0 saturated carbocycles. The van der Waals surface area contributed by atoms with Gasteiger partial charge in [-0.05, 0) is 84.5 Å². The van der Waals surface area contributed by atoms with Gasteiger partial charge in [-0.2, -0.15) is 10.5 Å². The Morgan fingerprint density at radius 1 is 0.791 bits per heavy atom. The quantitative estimate of drug-likeness (QED) is 0.151. The zero-order valence-corrected chi connectivity index (χ0v) is 25.2. The average Bonchev–Trinajstić information content (AvgIpc) is 3.52. The fourth-order valence-electron chi connectivity index (χ4n) is 5.99. The fraction of sp³-hybridized carbons (Fsp3) is 0.184. The van der Waals surface area contributed by atoms with Crippen LogP contribution in [-0.2, 0) is 0 Å². The van der Waals surface area contributed by atoms with Gasteiger partial charge >= 0.3 is 0 Å². The van der Waals surface area contributed by atoms with E-state index in [0.29, 0.717) is 28.7 Å². The van der Waals surface area contributed by atoms with Crippen LogP contribution in [0.3, 0.4) is 0 Å². The van der Waals surface area contributed by atoms with Gasteiger partial charge in [0, 0.05) is 33.6 Å². The Morgan fingerprint density at radius 3 is 2.02 bits per heavy atom. The van der Waals surface area contributed by atoms with Gasteiger partial charge in [-0.3, -0.25) is 4.98 Å². The van der Waals surface area contributed by atoms with Gasteiger partial charge in [0.05, 0.1) is 51.0 Å². The highest BCUT2D eigenvalue weighted by Crippen LogP contribution is 2.40. The van der Waals surface area contributed by atoms with Crippen molar-refractivity contribution in [3.63, 3.8) is 0 Å². The summed E-state index contributed by atoms with van der Waals surface area (Å²) in [6.07, 6.45) is 5.13. The van der Waals surface area contributed by atoms with Gasteiger partial charge in [0.25, 0.3) is 0 Å². The van der Waals surface area contributed by atoms with Crippen molar-refractivity contribution in [1.82, 2.24) is 14.1 Å². The van der Waals surface area contributed by atoms with Gasteiger partial charge in [0.1, 0.15) is 0 Å². The maximum Gasteiger partial charge on any atom is 0.0992 e. The Balaban J connectivity index is 1.74. The monoisotopic (exact) mass is 559 g/mol. The van der Waals surface area contributed by atoms with Crippen LogP contribution in [0.15, 0.2) is 103 Å². The smallest absolute Gasteiger partial charge is 0.0992 e. The third-order valence-corrected chi connectivity index (χ3v) is 8.19. The lowest BCUT2D eigenvalue weighted by atomic mass is 9.98. The average molecular weight is 560 g/mol. The van der Waals surface area contributed by atoms with Crippen LogP contribution in [0, 0.1) is 22.7 Å². The molecule has 0 unspecified atom stereocenters. The standard InChI is InChI=1S/C38H33N5/c1-23(2)28-12-14-33-31(19-28)32-20-29(24(3)4)13-15-34(32)43(33)36-10-7-9-30-37-35(11-8-16-41-37)42(38(30)36)26(6)18-27(22-40)17-25(5)21-39/h7-20,23-24H,6H2,1-5H3/b25-17+,27-18+. The molecule has 0 fully saturated rings. The zero-order valence-electron chi connectivity index (χ0n) is 25.2. The molecule has 6 rings (SSSR count). The predicted molar refractivity (Wildman–Crippen MR) is 178 cm³/mol. The maximum atomic E-state index is 9.87. The highest BCUT2D eigenvalue weighted by molar-refractivity contribution is 6.14. The van der Waals surface area contributed by atoms with Crippen molar-refractivity contribution in [2.75, 3.05) is 0 Å². The molecule has 0 amide bonds. The molecule has 0 aliphatic rings. The van der Waals surface area contributed by atoms with E-state index in [1.807, 2.05) is 12.1 Å². The van der Waals surface area contributed by atoms with E-state index >= 15 is 0 Å². The number of hydrogen-bond acceptors (Lipinski definition) is 3. The van der Waals surface area contributed by atoms with Crippen molar-refractivity contribution in [3.8, 4) is 17.8 Å². The van der Waals surface area contributed by atoms with E-state index in [0.717, 1.165) is 38.7 Å². The molecule has 0 atom stereocenters. The number of nitriles is 2. The summed E-state index contributed by atoms with van der Waals surface area (Å²) in [6, 6.07) is 28.2. The second-order valence-corrected chi connectivity index (χ2v) is 11.7. The van der Waals surface area contributed by atoms with Crippen molar-refractivity contribution >= 4 is 49.4 Å². The molecule has 3 aromatic heterocycles. The van der Waals surface area contributed by atoms with Crippen molar-refractivity contribution in [3.05, 3.63) is 114 Å². The summed E-state index contributed by atoms with van der Waals surface area (Å²) >= 11 is 0. The van der Waals surface area contributed by atoms with E-state index in [-0.39, 0.29) is 0 Å². The van der Waals surface area contributed by atoms with Gasteiger partial charge in [-0.15, -0.1) is 0 Å². The summed E-state index contributed by atoms with van der Waals surface area (Å²) in [5.74, 6) is 0.826. The third kappa shape index (κ3) is 4.60. The lowest BCUT2D eigenvalue weighted by Crippen LogP contribution is -2.01. The SMILES string of the molecule is C=C(/C=C(C#N)\C=C(/C)C#N)n1c2cccnc2c2cccc(-n3c4ccc(C(C)C)cc4c4cc(C(C)C)ccc43)c21. The van der Waals surface area contributed by atoms with Gasteiger partial charge < -0.3 is 9.13 Å². The number of fused-ring (bicyclic) bond motifs is 6. The van der Waals surface area contributed by atoms with Crippen LogP contribution < -0.4 is 0 Å². The Morgan fingerprint density at radius 2 is 1.44 bits per heavy atom. The number of pyridine rings is 1. The van der Waals surface area contributed by atoms with Gasteiger partial charge in [-0.25, -0.2) is 0 Å². The molecule has 0 saturated heterocycles. The molecule has 43 heavy (non-hydrogen) atoms. The highest BCUT2D eigenvalue weighted by atomic mass is 15.1. The maximum absolute atomic E-state index is 9.87. The lowest BCUT2D eigenvalue weighted by Gasteiger charge is -2.15. The fourth-order valence-corrected chi connectivity index (χ4v) is 5.99. The van der Waals surface area contributed by atoms with Crippen molar-refractivity contribution in [2.45, 2.75) is 46.5 Å². The Bertz CT molecular complexity index is 2170. The summed E-state index contributed by atoms with van der Waals surface area (Å²) in [6.45, 7) is 15.0. The minimum absolute atomic E-state index is 0.361. The normalized spacial score (nSPS) is 12.6. The molecule has 0 radical (unpaired) electrons. The highest BCUT2D eigenvalue weighted by Gasteiger charge is 2.21. The zero-order chi connectivity index (χ0) is 30.4. The van der Waals surface area contributed by atoms with Crippen molar-refractivity contribution < 1.29 is 0 Å². The summed E-state index contributed by atoms with van der Waals surface area (Å²) in [5, 5.41) is 22.6. The predicted octanol–water partition coefficient (Wildman–Crippen LogP) is 9.92. The van der Waals surface area contributed by atoms with E-state index in [1.54, 1.807) is 25.3 Å². The van der Waals surface area contributed by atoms with Crippen LogP contribution >= 0.6 is 0 Å². The summed E-state index contributed by atoms with van der Waals surface area (Å²) in [7, 11) is 0. The number of nitrogens with zero attached hydrogens (tertiary/aromatic N) is 5. The second kappa shape index (κ2) is 10.8. The number of benzene rings is 3. The molecule has 210 valence electrons. The van der Waals surface area contributed by atoms with Crippen LogP contribution in [0.1, 0.15) is 57.6 Å². The number of rotatable bonds is 6. The van der Waals surface area contributed by atoms with Crippen LogP contribution in [-0.4, -0.2) is 14.1 Å². The molecule has 6 aromatic rings. The number of aromatic nitrogens is 3. The molecule has 0 N–H and O–H groups in total. The van der Waals surface area contributed by atoms with Gasteiger partial charge in [-0.1, -0.05) is 58.5 Å². The van der Waals surface area contributed by atoms with Gasteiger partial charge in [0.15, 0.2) is 0 Å². The Labute approximate surface area is 251 Å². The summed E-state index contributed by atoms with van der Waals surface area (Å²) in [4.78, 5) is 4.77. The molecule has 3 heterocycles. The topological polar surface area (TPSA) is 70.3 Å². The van der Waals surface area contributed by atoms with E-state index in [2.05, 4.69) is 110 Å². The second-order valence-electron chi connectivity index (χ2n) is 11.7. The van der Waals surface area contributed by atoms with E-state index in [4.69, 9.17) is 4.98 Å². The van der Waals surface area contributed by atoms with E-state index in [9.17, 15) is 10.5 Å². The largest absolute Gasteiger partial charge is 0.307 e. The van der Waals surface area contributed by atoms with E-state index in [1.165, 1.54) is 21.9 Å². The van der Waals surface area contributed by atoms with Crippen LogP contribution in [0.2, 0.25) is 0 Å². The summed E-state index contributed by atoms with van der Waals surface area (Å²) < 4.78 is 4.43. The molecule has 5 heteroatoms. The summed E-state index contributed by atoms with van der Waals surface area (Å²) in [5.41, 5.74) is 10.0. The molecule has 0 aliphatic carbocycles. The third-order valence-electron chi connectivity index (χ3n) is 8.19. The minimum atomic E-state index is 0.361. The Hall–Kier alpha value is -5.39. The molecule has 0 aliphatic heterocycles. The van der Waals surface area contributed by atoms with E-state index < -0.39 is 0 Å². The first-order chi connectivity index (χ1) is 20.7. The van der Waals surface area contributed by atoms with Crippen LogP contribution in [0.5, 0.6) is 0 Å². The van der Waals surface area contributed by atoms with Gasteiger partial charge in [0.2, 0.25) is 0 Å². The molecule has 0 spiro atoms. The first-order valence-electron chi connectivity index (χ1n) is 14.6. The molecular weight excluding hydrogens is 526 g/mol. The lowest BCUT2D eigenvalue weighted by molar-refractivity contribution is 0.868. The molecular formula is C38H33N5.